The minimum atomic E-state index is -4.47. The van der Waals surface area contributed by atoms with Gasteiger partial charge < -0.3 is 24.4 Å². The number of nitrogens with zero attached hydrogens (tertiary/aromatic N) is 3. The van der Waals surface area contributed by atoms with Gasteiger partial charge in [-0.2, -0.15) is 18.2 Å². The molecule has 1 aromatic carbocycles. The zero-order valence-corrected chi connectivity index (χ0v) is 18.6. The number of benzene rings is 1. The number of hydrogen-bond donors (Lipinski definition) is 2. The van der Waals surface area contributed by atoms with Crippen LogP contribution in [0, 0.1) is 0 Å². The van der Waals surface area contributed by atoms with Crippen molar-refractivity contribution in [2.24, 2.45) is 0 Å². The Balaban J connectivity index is 1.60. The molecule has 1 atom stereocenters. The number of alkyl carbamates (subject to hydrolysis) is 1. The molecule has 0 aliphatic heterocycles. The molecule has 9 nitrogen and oxygen atoms in total. The largest absolute Gasteiger partial charge is 0.444 e. The van der Waals surface area contributed by atoms with Gasteiger partial charge in [0.25, 0.3) is 0 Å². The number of alkyl halides is 3. The van der Waals surface area contributed by atoms with E-state index in [1.807, 2.05) is 0 Å². The molecule has 0 saturated carbocycles. The first-order valence-electron chi connectivity index (χ1n) is 10.2. The van der Waals surface area contributed by atoms with E-state index in [4.69, 9.17) is 14.0 Å². The predicted molar refractivity (Wildman–Crippen MR) is 113 cm³/mol. The average Bonchev–Trinajstić information content (AvgIpc) is 3.20. The van der Waals surface area contributed by atoms with E-state index >= 15 is 0 Å². The molecule has 0 spiro atoms. The normalized spacial score (nSPS) is 12.8. The van der Waals surface area contributed by atoms with Crippen LogP contribution in [0.2, 0.25) is 0 Å². The quantitative estimate of drug-likeness (QED) is 0.512. The molecule has 182 valence electrons. The summed E-state index contributed by atoms with van der Waals surface area (Å²) in [6.45, 7) is 4.81. The fourth-order valence-electron chi connectivity index (χ4n) is 2.70. The van der Waals surface area contributed by atoms with Gasteiger partial charge >= 0.3 is 12.3 Å². The van der Waals surface area contributed by atoms with E-state index in [-0.39, 0.29) is 30.6 Å². The Labute approximate surface area is 192 Å². The lowest BCUT2D eigenvalue weighted by atomic mass is 10.2. The van der Waals surface area contributed by atoms with Crippen molar-refractivity contribution in [1.82, 2.24) is 20.4 Å². The topological polar surface area (TPSA) is 120 Å². The van der Waals surface area contributed by atoms with Crippen molar-refractivity contribution in [3.05, 3.63) is 54.0 Å². The van der Waals surface area contributed by atoms with Gasteiger partial charge in [0.1, 0.15) is 11.4 Å². The second-order valence-electron chi connectivity index (χ2n) is 8.25. The zero-order valence-electron chi connectivity index (χ0n) is 18.6. The molecule has 0 aliphatic carbocycles. The Morgan fingerprint density at radius 1 is 1.15 bits per heavy atom. The Morgan fingerprint density at radius 2 is 1.85 bits per heavy atom. The highest BCUT2D eigenvalue weighted by atomic mass is 19.4. The van der Waals surface area contributed by atoms with Crippen molar-refractivity contribution in [3.63, 3.8) is 0 Å². The lowest BCUT2D eigenvalue weighted by Gasteiger charge is -2.22. The number of carbonyl (C=O) groups excluding carboxylic acids is 1. The first-order valence-corrected chi connectivity index (χ1v) is 10.2. The van der Waals surface area contributed by atoms with Gasteiger partial charge in [-0.3, -0.25) is 0 Å². The third-order valence-electron chi connectivity index (χ3n) is 4.23. The van der Waals surface area contributed by atoms with Crippen LogP contribution in [0.4, 0.5) is 18.0 Å². The molecule has 34 heavy (non-hydrogen) atoms. The minimum absolute atomic E-state index is 0.00938. The summed E-state index contributed by atoms with van der Waals surface area (Å²) in [4.78, 5) is 19.8. The van der Waals surface area contributed by atoms with E-state index in [1.165, 1.54) is 0 Å². The molecule has 12 heteroatoms. The maximum atomic E-state index is 12.6. The van der Waals surface area contributed by atoms with Gasteiger partial charge in [0.15, 0.2) is 0 Å². The lowest BCUT2D eigenvalue weighted by molar-refractivity contribution is -0.137. The average molecular weight is 480 g/mol. The van der Waals surface area contributed by atoms with Crippen molar-refractivity contribution in [2.75, 3.05) is 6.61 Å². The van der Waals surface area contributed by atoms with Crippen LogP contribution in [0.15, 0.2) is 47.1 Å². The van der Waals surface area contributed by atoms with Gasteiger partial charge in [-0.05, 0) is 51.1 Å². The molecule has 3 rings (SSSR count). The third-order valence-corrected chi connectivity index (χ3v) is 4.23. The zero-order chi connectivity index (χ0) is 24.9. The van der Waals surface area contributed by atoms with Crippen molar-refractivity contribution >= 4 is 6.09 Å². The number of ether oxygens (including phenoxy) is 2. The Kier molecular flexibility index (Phi) is 7.40. The van der Waals surface area contributed by atoms with Gasteiger partial charge in [0.05, 0.1) is 18.2 Å². The fraction of sp³-hybridized carbons (Fsp3) is 0.364. The van der Waals surface area contributed by atoms with Gasteiger partial charge in [-0.1, -0.05) is 5.16 Å². The summed E-state index contributed by atoms with van der Waals surface area (Å²) in [6.07, 6.45) is -4.37. The van der Waals surface area contributed by atoms with Crippen LogP contribution in [0.3, 0.4) is 0 Å². The van der Waals surface area contributed by atoms with Crippen LogP contribution < -0.4 is 10.1 Å². The highest BCUT2D eigenvalue weighted by molar-refractivity contribution is 5.68. The molecule has 0 bridgehead atoms. The number of rotatable bonds is 7. The fourth-order valence-corrected chi connectivity index (χ4v) is 2.70. The van der Waals surface area contributed by atoms with E-state index in [2.05, 4.69) is 20.4 Å². The maximum Gasteiger partial charge on any atom is 0.417 e. The molecule has 2 aromatic heterocycles. The van der Waals surface area contributed by atoms with Gasteiger partial charge in [-0.25, -0.2) is 9.78 Å². The van der Waals surface area contributed by atoms with Gasteiger partial charge in [0, 0.05) is 24.2 Å². The van der Waals surface area contributed by atoms with Gasteiger partial charge in [0.2, 0.25) is 17.6 Å². The number of halogens is 3. The number of aliphatic hydroxyl groups excluding tert-OH is 1. The summed E-state index contributed by atoms with van der Waals surface area (Å²) in [5.41, 5.74) is -0.962. The third kappa shape index (κ3) is 7.17. The van der Waals surface area contributed by atoms with Crippen LogP contribution in [-0.2, 0) is 17.3 Å². The second-order valence-corrected chi connectivity index (χ2v) is 8.25. The Bertz CT molecular complexity index is 1090. The van der Waals surface area contributed by atoms with Crippen LogP contribution in [0.25, 0.3) is 11.4 Å². The SMILES string of the molecule is CC(C)(C)OC(=O)N[C@H](CO)Cc1nc(-c2ccc(Oc3ccc(C(F)(F)F)cn3)cc2)no1. The van der Waals surface area contributed by atoms with Crippen molar-refractivity contribution in [1.29, 1.82) is 0 Å². The molecule has 0 radical (unpaired) electrons. The number of aliphatic hydroxyl groups is 1. The molecule has 0 unspecified atom stereocenters. The summed E-state index contributed by atoms with van der Waals surface area (Å²) in [5.74, 6) is 0.819. The summed E-state index contributed by atoms with van der Waals surface area (Å²) in [7, 11) is 0. The number of aromatic nitrogens is 3. The highest BCUT2D eigenvalue weighted by Crippen LogP contribution is 2.30. The molecule has 0 saturated heterocycles. The summed E-state index contributed by atoms with van der Waals surface area (Å²) in [6, 6.07) is 7.75. The van der Waals surface area contributed by atoms with Crippen molar-refractivity contribution < 1.29 is 37.1 Å². The first kappa shape index (κ1) is 25.0. The van der Waals surface area contributed by atoms with Crippen molar-refractivity contribution in [3.8, 4) is 23.0 Å². The molecular weight excluding hydrogens is 457 g/mol. The van der Waals surface area contributed by atoms with Crippen LogP contribution in [0.5, 0.6) is 11.6 Å². The summed E-state index contributed by atoms with van der Waals surface area (Å²) < 4.78 is 53.7. The second kappa shape index (κ2) is 10.1. The van der Waals surface area contributed by atoms with E-state index in [1.54, 1.807) is 45.0 Å². The minimum Gasteiger partial charge on any atom is -0.444 e. The smallest absolute Gasteiger partial charge is 0.417 e. The number of carbonyl (C=O) groups is 1. The van der Waals surface area contributed by atoms with Crippen LogP contribution in [-0.4, -0.2) is 44.6 Å². The first-order chi connectivity index (χ1) is 15.9. The lowest BCUT2D eigenvalue weighted by Crippen LogP contribution is -2.42. The summed E-state index contributed by atoms with van der Waals surface area (Å²) >= 11 is 0. The van der Waals surface area contributed by atoms with E-state index in [0.717, 1.165) is 12.1 Å². The maximum absolute atomic E-state index is 12.6. The standard InChI is InChI=1S/C22H23F3N4O5/c1-21(2,3)33-20(31)27-15(12-30)10-18-28-19(29-34-18)13-4-7-16(8-5-13)32-17-9-6-14(11-26-17)22(23,24)25/h4-9,11,15,30H,10,12H2,1-3H3,(H,27,31)/t15-/m0/s1. The highest BCUT2D eigenvalue weighted by Gasteiger charge is 2.30. The molecular formula is C22H23F3N4O5. The van der Waals surface area contributed by atoms with Crippen LogP contribution in [0.1, 0.15) is 32.2 Å². The molecule has 0 aliphatic rings. The number of hydrogen-bond acceptors (Lipinski definition) is 8. The van der Waals surface area contributed by atoms with Crippen LogP contribution >= 0.6 is 0 Å². The molecule has 3 aromatic rings. The van der Waals surface area contributed by atoms with E-state index in [9.17, 15) is 23.1 Å². The molecule has 2 N–H and O–H groups in total. The number of pyridine rings is 1. The molecule has 1 amide bonds. The summed E-state index contributed by atoms with van der Waals surface area (Å²) in [5, 5.41) is 16.0. The Hall–Kier alpha value is -3.67. The van der Waals surface area contributed by atoms with E-state index in [0.29, 0.717) is 17.5 Å². The van der Waals surface area contributed by atoms with Crippen molar-refractivity contribution in [2.45, 2.75) is 45.0 Å². The number of nitrogens with one attached hydrogen (secondary N) is 1. The van der Waals surface area contributed by atoms with Gasteiger partial charge in [-0.15, -0.1) is 0 Å². The monoisotopic (exact) mass is 480 g/mol. The molecule has 2 heterocycles. The Morgan fingerprint density at radius 3 is 2.41 bits per heavy atom. The van der Waals surface area contributed by atoms with E-state index < -0.39 is 29.5 Å². The molecule has 0 fully saturated rings. The predicted octanol–water partition coefficient (Wildman–Crippen LogP) is 4.37. The number of amides is 1.